The second-order valence-electron chi connectivity index (χ2n) is 5.57. The Morgan fingerprint density at radius 2 is 2.00 bits per heavy atom. The number of carbonyl (C=O) groups excluding carboxylic acids is 1. The van der Waals surface area contributed by atoms with Crippen molar-refractivity contribution in [2.45, 2.75) is 46.6 Å². The number of nitrogens with two attached hydrogens (primary N) is 1. The molecule has 0 aromatic carbocycles. The Kier molecular flexibility index (Phi) is 4.78. The van der Waals surface area contributed by atoms with Crippen molar-refractivity contribution in [2.24, 2.45) is 23.5 Å². The third-order valence-electron chi connectivity index (χ3n) is 3.73. The monoisotopic (exact) mass is 226 g/mol. The van der Waals surface area contributed by atoms with Gasteiger partial charge >= 0.3 is 0 Å². The van der Waals surface area contributed by atoms with Crippen molar-refractivity contribution in [1.29, 1.82) is 0 Å². The van der Waals surface area contributed by atoms with Crippen LogP contribution in [0.25, 0.3) is 0 Å². The van der Waals surface area contributed by atoms with Crippen molar-refractivity contribution in [3.63, 3.8) is 0 Å². The summed E-state index contributed by atoms with van der Waals surface area (Å²) in [4.78, 5) is 14.5. The molecule has 16 heavy (non-hydrogen) atoms. The molecule has 3 nitrogen and oxygen atoms in total. The molecule has 0 radical (unpaired) electrons. The van der Waals surface area contributed by atoms with Gasteiger partial charge in [0.25, 0.3) is 0 Å². The van der Waals surface area contributed by atoms with Crippen LogP contribution in [0.2, 0.25) is 0 Å². The smallest absolute Gasteiger partial charge is 0.227 e. The van der Waals surface area contributed by atoms with E-state index in [-0.39, 0.29) is 11.8 Å². The van der Waals surface area contributed by atoms with Crippen molar-refractivity contribution in [2.75, 3.05) is 13.1 Å². The molecule has 0 aromatic rings. The van der Waals surface area contributed by atoms with Crippen molar-refractivity contribution in [3.05, 3.63) is 0 Å². The third-order valence-corrected chi connectivity index (χ3v) is 3.73. The maximum Gasteiger partial charge on any atom is 0.227 e. The third kappa shape index (κ3) is 2.76. The van der Waals surface area contributed by atoms with Crippen LogP contribution in [-0.4, -0.2) is 29.9 Å². The van der Waals surface area contributed by atoms with E-state index in [1.54, 1.807) is 0 Å². The first-order valence-electron chi connectivity index (χ1n) is 6.49. The molecule has 0 aliphatic carbocycles. The van der Waals surface area contributed by atoms with Gasteiger partial charge in [-0.2, -0.15) is 0 Å². The molecule has 1 amide bonds. The average Bonchev–Trinajstić information content (AvgIpc) is 2.65. The van der Waals surface area contributed by atoms with E-state index >= 15 is 0 Å². The molecule has 94 valence electrons. The molecule has 2 atom stereocenters. The fourth-order valence-electron chi connectivity index (χ4n) is 2.63. The molecule has 1 aliphatic heterocycles. The molecule has 1 saturated heterocycles. The van der Waals surface area contributed by atoms with E-state index in [0.29, 0.717) is 24.4 Å². The largest absolute Gasteiger partial charge is 0.339 e. The molecule has 2 N–H and O–H groups in total. The minimum absolute atomic E-state index is 0.000602. The topological polar surface area (TPSA) is 46.3 Å². The van der Waals surface area contributed by atoms with Gasteiger partial charge in [0.05, 0.1) is 5.92 Å². The lowest BCUT2D eigenvalue weighted by atomic mass is 9.93. The Morgan fingerprint density at radius 1 is 1.38 bits per heavy atom. The Morgan fingerprint density at radius 3 is 2.44 bits per heavy atom. The lowest BCUT2D eigenvalue weighted by Crippen LogP contribution is -2.45. The highest BCUT2D eigenvalue weighted by Gasteiger charge is 2.34. The second kappa shape index (κ2) is 5.67. The van der Waals surface area contributed by atoms with Crippen LogP contribution in [0.3, 0.4) is 0 Å². The summed E-state index contributed by atoms with van der Waals surface area (Å²) in [5.41, 5.74) is 5.72. The SMILES string of the molecule is CC(C)C(CN)C(=O)N1CCCC1C(C)C. The second-order valence-corrected chi connectivity index (χ2v) is 5.57. The summed E-state index contributed by atoms with van der Waals surface area (Å²) < 4.78 is 0. The van der Waals surface area contributed by atoms with Gasteiger partial charge in [-0.05, 0) is 24.7 Å². The quantitative estimate of drug-likeness (QED) is 0.795. The molecular formula is C13H26N2O. The average molecular weight is 226 g/mol. The first kappa shape index (κ1) is 13.5. The van der Waals surface area contributed by atoms with Gasteiger partial charge in [0.2, 0.25) is 5.91 Å². The Balaban J connectivity index is 2.72. The molecule has 0 aromatic heterocycles. The standard InChI is InChI=1S/C13H26N2O/c1-9(2)11(8-14)13(16)15-7-5-6-12(15)10(3)4/h9-12H,5-8,14H2,1-4H3. The first-order chi connectivity index (χ1) is 7.49. The van der Waals surface area contributed by atoms with Crippen LogP contribution in [0.4, 0.5) is 0 Å². The lowest BCUT2D eigenvalue weighted by molar-refractivity contribution is -0.138. The maximum atomic E-state index is 12.4. The van der Waals surface area contributed by atoms with E-state index in [0.717, 1.165) is 19.4 Å². The fourth-order valence-corrected chi connectivity index (χ4v) is 2.63. The van der Waals surface area contributed by atoms with Crippen LogP contribution in [0.15, 0.2) is 0 Å². The molecule has 0 spiro atoms. The molecule has 1 fully saturated rings. The van der Waals surface area contributed by atoms with Crippen LogP contribution in [0.1, 0.15) is 40.5 Å². The zero-order valence-corrected chi connectivity index (χ0v) is 11.1. The summed E-state index contributed by atoms with van der Waals surface area (Å²) in [5.74, 6) is 1.16. The minimum Gasteiger partial charge on any atom is -0.339 e. The summed E-state index contributed by atoms with van der Waals surface area (Å²) in [5, 5.41) is 0. The lowest BCUT2D eigenvalue weighted by Gasteiger charge is -2.32. The molecule has 2 unspecified atom stereocenters. The number of amides is 1. The van der Waals surface area contributed by atoms with Gasteiger partial charge in [0.1, 0.15) is 0 Å². The van der Waals surface area contributed by atoms with E-state index in [1.807, 2.05) is 0 Å². The predicted octanol–water partition coefficient (Wildman–Crippen LogP) is 1.86. The number of carbonyl (C=O) groups is 1. The number of rotatable bonds is 4. The summed E-state index contributed by atoms with van der Waals surface area (Å²) >= 11 is 0. The minimum atomic E-state index is -0.000602. The molecule has 3 heteroatoms. The van der Waals surface area contributed by atoms with Gasteiger partial charge in [0.15, 0.2) is 0 Å². The van der Waals surface area contributed by atoms with E-state index in [9.17, 15) is 4.79 Å². The van der Waals surface area contributed by atoms with Gasteiger partial charge < -0.3 is 10.6 Å². The summed E-state index contributed by atoms with van der Waals surface area (Å²) in [7, 11) is 0. The molecule has 0 bridgehead atoms. The fraction of sp³-hybridized carbons (Fsp3) is 0.923. The summed E-state index contributed by atoms with van der Waals surface area (Å²) in [6.07, 6.45) is 2.29. The van der Waals surface area contributed by atoms with Gasteiger partial charge in [-0.25, -0.2) is 0 Å². The van der Waals surface area contributed by atoms with E-state index < -0.39 is 0 Å². The van der Waals surface area contributed by atoms with Crippen molar-refractivity contribution < 1.29 is 4.79 Å². The summed E-state index contributed by atoms with van der Waals surface area (Å²) in [6, 6.07) is 0.431. The van der Waals surface area contributed by atoms with E-state index in [2.05, 4.69) is 32.6 Å². The zero-order chi connectivity index (χ0) is 12.3. The van der Waals surface area contributed by atoms with Crippen molar-refractivity contribution in [3.8, 4) is 0 Å². The van der Waals surface area contributed by atoms with Crippen LogP contribution >= 0.6 is 0 Å². The molecule has 1 heterocycles. The highest BCUT2D eigenvalue weighted by atomic mass is 16.2. The van der Waals surface area contributed by atoms with Gasteiger partial charge in [-0.15, -0.1) is 0 Å². The highest BCUT2D eigenvalue weighted by Crippen LogP contribution is 2.26. The number of hydrogen-bond acceptors (Lipinski definition) is 2. The van der Waals surface area contributed by atoms with Crippen molar-refractivity contribution in [1.82, 2.24) is 4.90 Å². The Hall–Kier alpha value is -0.570. The number of likely N-dealkylation sites (tertiary alicyclic amines) is 1. The zero-order valence-electron chi connectivity index (χ0n) is 11.1. The number of nitrogens with zero attached hydrogens (tertiary/aromatic N) is 1. The summed E-state index contributed by atoms with van der Waals surface area (Å²) in [6.45, 7) is 9.95. The predicted molar refractivity (Wildman–Crippen MR) is 67.0 cm³/mol. The van der Waals surface area contributed by atoms with Gasteiger partial charge in [-0.1, -0.05) is 27.7 Å². The van der Waals surface area contributed by atoms with Crippen LogP contribution in [0.5, 0.6) is 0 Å². The highest BCUT2D eigenvalue weighted by molar-refractivity contribution is 5.80. The van der Waals surface area contributed by atoms with E-state index in [1.165, 1.54) is 0 Å². The Labute approximate surface area is 99.4 Å². The van der Waals surface area contributed by atoms with Gasteiger partial charge in [0, 0.05) is 19.1 Å². The van der Waals surface area contributed by atoms with Gasteiger partial charge in [-0.3, -0.25) is 4.79 Å². The van der Waals surface area contributed by atoms with Crippen LogP contribution in [-0.2, 0) is 4.79 Å². The molecule has 1 rings (SSSR count). The van der Waals surface area contributed by atoms with Crippen LogP contribution < -0.4 is 5.73 Å². The molecule has 1 aliphatic rings. The Bertz CT molecular complexity index is 238. The first-order valence-corrected chi connectivity index (χ1v) is 6.49. The van der Waals surface area contributed by atoms with Crippen molar-refractivity contribution >= 4 is 5.91 Å². The van der Waals surface area contributed by atoms with E-state index in [4.69, 9.17) is 5.73 Å². The molecule has 0 saturated carbocycles. The normalized spacial score (nSPS) is 23.2. The maximum absolute atomic E-state index is 12.4. The molecular weight excluding hydrogens is 200 g/mol. The number of hydrogen-bond donors (Lipinski definition) is 1. The van der Waals surface area contributed by atoms with Crippen LogP contribution in [0, 0.1) is 17.8 Å².